The molecule has 0 unspecified atom stereocenters. The van der Waals surface area contributed by atoms with Crippen LogP contribution in [0.1, 0.15) is 27.9 Å². The maximum Gasteiger partial charge on any atom is 0.257 e. The lowest BCUT2D eigenvalue weighted by molar-refractivity contribution is 0.0955. The first-order valence-electron chi connectivity index (χ1n) is 11.3. The molecule has 3 aromatic carbocycles. The number of nitrogens with zero attached hydrogens (tertiary/aromatic N) is 4. The highest BCUT2D eigenvalue weighted by molar-refractivity contribution is 6.10. The smallest absolute Gasteiger partial charge is 0.257 e. The van der Waals surface area contributed by atoms with Crippen LogP contribution < -0.4 is 11.1 Å². The maximum absolute atomic E-state index is 13.2. The lowest BCUT2D eigenvalue weighted by Gasteiger charge is -2.06. The number of rotatable bonds is 7. The topological polar surface area (TPSA) is 118 Å². The summed E-state index contributed by atoms with van der Waals surface area (Å²) in [5, 5.41) is 17.2. The van der Waals surface area contributed by atoms with Gasteiger partial charge in [-0.25, -0.2) is 9.97 Å². The number of nitrogen functional groups attached to an aromatic ring is 1. The van der Waals surface area contributed by atoms with Crippen molar-refractivity contribution >= 4 is 40.1 Å². The number of fused-ring (bicyclic) bond motifs is 2. The SMILES string of the molecule is Nc1c(C(=O)NCCCc2ccccc2)c2nc3ccccc3nc2n1/N=C/c1cccc(O)c1. The third kappa shape index (κ3) is 4.67. The third-order valence-electron chi connectivity index (χ3n) is 5.66. The monoisotopic (exact) mass is 464 g/mol. The van der Waals surface area contributed by atoms with Gasteiger partial charge >= 0.3 is 0 Å². The van der Waals surface area contributed by atoms with E-state index < -0.39 is 0 Å². The predicted octanol–water partition coefficient (Wildman–Crippen LogP) is 4.12. The summed E-state index contributed by atoms with van der Waals surface area (Å²) < 4.78 is 1.41. The first kappa shape index (κ1) is 22.1. The van der Waals surface area contributed by atoms with Crippen molar-refractivity contribution in [3.8, 4) is 5.75 Å². The van der Waals surface area contributed by atoms with E-state index in [1.165, 1.54) is 10.2 Å². The molecule has 0 saturated carbocycles. The van der Waals surface area contributed by atoms with Crippen LogP contribution in [0.2, 0.25) is 0 Å². The highest BCUT2D eigenvalue weighted by atomic mass is 16.3. The minimum atomic E-state index is -0.323. The number of nitrogens with one attached hydrogen (secondary N) is 1. The molecule has 5 rings (SSSR count). The minimum Gasteiger partial charge on any atom is -0.508 e. The molecule has 8 nitrogen and oxygen atoms in total. The third-order valence-corrected chi connectivity index (χ3v) is 5.66. The summed E-state index contributed by atoms with van der Waals surface area (Å²) in [6, 6.07) is 24.2. The Balaban J connectivity index is 1.48. The number of phenols is 1. The first-order valence-corrected chi connectivity index (χ1v) is 11.3. The molecule has 0 fully saturated rings. The quantitative estimate of drug-likeness (QED) is 0.247. The van der Waals surface area contributed by atoms with Crippen molar-refractivity contribution < 1.29 is 9.90 Å². The molecule has 0 saturated heterocycles. The van der Waals surface area contributed by atoms with Crippen LogP contribution >= 0.6 is 0 Å². The number of anilines is 1. The summed E-state index contributed by atoms with van der Waals surface area (Å²) in [6.07, 6.45) is 3.20. The number of phenolic OH excluding ortho intramolecular Hbond substituents is 1. The number of benzene rings is 3. The number of carbonyl (C=O) groups excluding carboxylic acids is 1. The fourth-order valence-electron chi connectivity index (χ4n) is 3.95. The van der Waals surface area contributed by atoms with Crippen LogP contribution in [-0.2, 0) is 6.42 Å². The van der Waals surface area contributed by atoms with Crippen molar-refractivity contribution in [1.82, 2.24) is 20.0 Å². The number of aromatic nitrogens is 3. The highest BCUT2D eigenvalue weighted by Gasteiger charge is 2.23. The Morgan fingerprint density at radius 2 is 1.74 bits per heavy atom. The zero-order chi connectivity index (χ0) is 24.2. The lowest BCUT2D eigenvalue weighted by atomic mass is 10.1. The number of hydrogen-bond acceptors (Lipinski definition) is 6. The summed E-state index contributed by atoms with van der Waals surface area (Å²) in [7, 11) is 0. The van der Waals surface area contributed by atoms with E-state index in [0.29, 0.717) is 34.3 Å². The molecule has 2 aromatic heterocycles. The Morgan fingerprint density at radius 3 is 2.51 bits per heavy atom. The number of nitrogens with two attached hydrogens (primary N) is 1. The molecule has 174 valence electrons. The normalized spacial score (nSPS) is 11.4. The van der Waals surface area contributed by atoms with Gasteiger partial charge in [0.05, 0.1) is 17.2 Å². The van der Waals surface area contributed by atoms with Gasteiger partial charge in [0.2, 0.25) is 0 Å². The molecule has 0 aliphatic carbocycles. The molecule has 5 aromatic rings. The average Bonchev–Trinajstić information content (AvgIpc) is 3.14. The molecule has 0 aliphatic heterocycles. The average molecular weight is 465 g/mol. The van der Waals surface area contributed by atoms with Gasteiger partial charge in [0.15, 0.2) is 5.65 Å². The molecular formula is C27H24N6O2. The molecule has 0 spiro atoms. The fourth-order valence-corrected chi connectivity index (χ4v) is 3.95. The van der Waals surface area contributed by atoms with Crippen LogP contribution in [0.25, 0.3) is 22.2 Å². The minimum absolute atomic E-state index is 0.126. The molecule has 0 bridgehead atoms. The molecule has 0 atom stereocenters. The lowest BCUT2D eigenvalue weighted by Crippen LogP contribution is -2.25. The summed E-state index contributed by atoms with van der Waals surface area (Å²) in [6.45, 7) is 0.493. The van der Waals surface area contributed by atoms with Gasteiger partial charge in [-0.3, -0.25) is 4.79 Å². The van der Waals surface area contributed by atoms with Crippen LogP contribution in [0, 0.1) is 0 Å². The van der Waals surface area contributed by atoms with E-state index in [1.54, 1.807) is 30.5 Å². The number of para-hydroxylation sites is 2. The summed E-state index contributed by atoms with van der Waals surface area (Å²) in [4.78, 5) is 22.6. The van der Waals surface area contributed by atoms with E-state index in [4.69, 9.17) is 5.73 Å². The Morgan fingerprint density at radius 1 is 1.00 bits per heavy atom. The van der Waals surface area contributed by atoms with Gasteiger partial charge in [0.1, 0.15) is 22.6 Å². The van der Waals surface area contributed by atoms with Gasteiger partial charge in [-0.2, -0.15) is 9.78 Å². The molecule has 35 heavy (non-hydrogen) atoms. The molecule has 2 heterocycles. The Kier molecular flexibility index (Phi) is 6.09. The van der Waals surface area contributed by atoms with Gasteiger partial charge in [0, 0.05) is 6.54 Å². The van der Waals surface area contributed by atoms with E-state index in [9.17, 15) is 9.90 Å². The van der Waals surface area contributed by atoms with Gasteiger partial charge in [-0.05, 0) is 48.2 Å². The summed E-state index contributed by atoms with van der Waals surface area (Å²) in [5.74, 6) is -0.0515. The summed E-state index contributed by atoms with van der Waals surface area (Å²) in [5.41, 5.74) is 10.7. The predicted molar refractivity (Wildman–Crippen MR) is 138 cm³/mol. The second-order valence-corrected chi connectivity index (χ2v) is 8.14. The van der Waals surface area contributed by atoms with Crippen molar-refractivity contribution in [2.45, 2.75) is 12.8 Å². The van der Waals surface area contributed by atoms with Crippen LogP contribution in [0.3, 0.4) is 0 Å². The Bertz CT molecular complexity index is 1540. The van der Waals surface area contributed by atoms with E-state index in [-0.39, 0.29) is 23.0 Å². The van der Waals surface area contributed by atoms with Crippen molar-refractivity contribution in [3.63, 3.8) is 0 Å². The Labute approximate surface area is 201 Å². The second-order valence-electron chi connectivity index (χ2n) is 8.14. The number of amides is 1. The molecule has 1 amide bonds. The largest absolute Gasteiger partial charge is 0.508 e. The van der Waals surface area contributed by atoms with Crippen LogP contribution in [0.15, 0.2) is 84.0 Å². The maximum atomic E-state index is 13.2. The van der Waals surface area contributed by atoms with Crippen LogP contribution in [0.5, 0.6) is 5.75 Å². The number of aromatic hydroxyl groups is 1. The Hall–Kier alpha value is -4.72. The molecule has 0 radical (unpaired) electrons. The zero-order valence-corrected chi connectivity index (χ0v) is 18.9. The van der Waals surface area contributed by atoms with Gasteiger partial charge in [-0.1, -0.05) is 54.6 Å². The van der Waals surface area contributed by atoms with E-state index in [1.807, 2.05) is 42.5 Å². The highest BCUT2D eigenvalue weighted by Crippen LogP contribution is 2.28. The first-order chi connectivity index (χ1) is 17.1. The zero-order valence-electron chi connectivity index (χ0n) is 18.9. The van der Waals surface area contributed by atoms with E-state index in [0.717, 1.165) is 12.8 Å². The van der Waals surface area contributed by atoms with E-state index in [2.05, 4.69) is 32.5 Å². The second kappa shape index (κ2) is 9.64. The number of hydrogen-bond donors (Lipinski definition) is 3. The molecule has 0 aliphatic rings. The van der Waals surface area contributed by atoms with Crippen LogP contribution in [-0.4, -0.2) is 38.4 Å². The van der Waals surface area contributed by atoms with Crippen molar-refractivity contribution in [3.05, 3.63) is 95.6 Å². The molecule has 8 heteroatoms. The van der Waals surface area contributed by atoms with Crippen molar-refractivity contribution in [1.29, 1.82) is 0 Å². The van der Waals surface area contributed by atoms with Crippen LogP contribution in [0.4, 0.5) is 5.82 Å². The number of carbonyl (C=O) groups is 1. The standard InChI is InChI=1S/C27H24N6O2/c28-25-23(27(35)29-15-7-11-18-8-2-1-3-9-18)24-26(32-22-14-5-4-13-21(22)31-24)33(25)30-17-19-10-6-12-20(34)16-19/h1-6,8-10,12-14,16-17,34H,7,11,15,28H2,(H,29,35)/b30-17+. The molecule has 4 N–H and O–H groups in total. The van der Waals surface area contributed by atoms with Crippen molar-refractivity contribution in [2.24, 2.45) is 5.10 Å². The number of aryl methyl sites for hydroxylation is 1. The van der Waals surface area contributed by atoms with Gasteiger partial charge in [0.25, 0.3) is 5.91 Å². The molecular weight excluding hydrogens is 440 g/mol. The summed E-state index contributed by atoms with van der Waals surface area (Å²) >= 11 is 0. The van der Waals surface area contributed by atoms with E-state index >= 15 is 0 Å². The fraction of sp³-hybridized carbons (Fsp3) is 0.111. The van der Waals surface area contributed by atoms with Crippen molar-refractivity contribution in [2.75, 3.05) is 12.3 Å². The van der Waals surface area contributed by atoms with Gasteiger partial charge < -0.3 is 16.2 Å². The van der Waals surface area contributed by atoms with Gasteiger partial charge in [-0.15, -0.1) is 0 Å².